The number of nitrogens with zero attached hydrogens (tertiary/aromatic N) is 1. The van der Waals surface area contributed by atoms with Gasteiger partial charge in [0.15, 0.2) is 0 Å². The van der Waals surface area contributed by atoms with Crippen LogP contribution in [0.2, 0.25) is 0 Å². The average Bonchev–Trinajstić information content (AvgIpc) is 2.72. The van der Waals surface area contributed by atoms with Crippen LogP contribution in [0.4, 0.5) is 4.39 Å². The van der Waals surface area contributed by atoms with Crippen molar-refractivity contribution in [2.75, 3.05) is 20.1 Å². The molecule has 0 spiro atoms. The Morgan fingerprint density at radius 2 is 2.00 bits per heavy atom. The molecule has 2 aliphatic rings. The van der Waals surface area contributed by atoms with Gasteiger partial charge in [0.05, 0.1) is 5.60 Å². The highest BCUT2D eigenvalue weighted by molar-refractivity contribution is 5.26. The molecule has 1 saturated heterocycles. The van der Waals surface area contributed by atoms with Crippen LogP contribution >= 0.6 is 0 Å². The van der Waals surface area contributed by atoms with E-state index in [0.717, 1.165) is 31.5 Å². The Hall–Kier alpha value is -0.930. The van der Waals surface area contributed by atoms with Crippen LogP contribution in [0.3, 0.4) is 0 Å². The molecular formula is C15H20FNO. The lowest BCUT2D eigenvalue weighted by atomic mass is 9.67. The minimum absolute atomic E-state index is 0.238. The molecule has 0 radical (unpaired) electrons. The average molecular weight is 249 g/mol. The zero-order chi connectivity index (χ0) is 12.8. The second kappa shape index (κ2) is 4.32. The summed E-state index contributed by atoms with van der Waals surface area (Å²) in [5.41, 5.74) is 0.121. The summed E-state index contributed by atoms with van der Waals surface area (Å²) < 4.78 is 13.0. The van der Waals surface area contributed by atoms with Crippen LogP contribution in [-0.4, -0.2) is 30.1 Å². The van der Waals surface area contributed by atoms with E-state index in [-0.39, 0.29) is 5.82 Å². The van der Waals surface area contributed by atoms with Gasteiger partial charge in [-0.3, -0.25) is 0 Å². The van der Waals surface area contributed by atoms with Gasteiger partial charge in [-0.2, -0.15) is 0 Å². The highest BCUT2D eigenvalue weighted by Crippen LogP contribution is 2.47. The minimum atomic E-state index is -0.763. The molecule has 3 heteroatoms. The van der Waals surface area contributed by atoms with Crippen molar-refractivity contribution < 1.29 is 9.50 Å². The summed E-state index contributed by atoms with van der Waals surface area (Å²) in [7, 11) is 2.11. The van der Waals surface area contributed by atoms with Gasteiger partial charge in [0.25, 0.3) is 0 Å². The number of hydrogen-bond donors (Lipinski definition) is 1. The molecule has 1 heterocycles. The van der Waals surface area contributed by atoms with Gasteiger partial charge >= 0.3 is 0 Å². The van der Waals surface area contributed by atoms with E-state index >= 15 is 0 Å². The molecule has 1 aromatic carbocycles. The van der Waals surface area contributed by atoms with Gasteiger partial charge in [-0.1, -0.05) is 12.1 Å². The summed E-state index contributed by atoms with van der Waals surface area (Å²) in [6.07, 6.45) is 3.06. The van der Waals surface area contributed by atoms with Crippen molar-refractivity contribution in [1.29, 1.82) is 0 Å². The molecule has 0 unspecified atom stereocenters. The normalized spacial score (nSPS) is 36.6. The van der Waals surface area contributed by atoms with Crippen LogP contribution in [0.5, 0.6) is 0 Å². The highest BCUT2D eigenvalue weighted by atomic mass is 19.1. The third kappa shape index (κ3) is 1.86. The van der Waals surface area contributed by atoms with E-state index in [4.69, 9.17) is 0 Å². The Bertz CT molecular complexity index is 433. The molecule has 1 N–H and O–H groups in total. The summed E-state index contributed by atoms with van der Waals surface area (Å²) in [5.74, 6) is 0.638. The standard InChI is InChI=1S/C15H20FNO/c1-17-9-11-3-2-8-15(18,14(11)10-17)12-4-6-13(16)7-5-12/h4-7,11,14,18H,2-3,8-10H2,1H3/t11-,14+,15+/m0/s1. The molecule has 1 aromatic rings. The first-order chi connectivity index (χ1) is 8.59. The summed E-state index contributed by atoms with van der Waals surface area (Å²) in [6, 6.07) is 6.40. The Balaban J connectivity index is 1.94. The van der Waals surface area contributed by atoms with E-state index in [0.29, 0.717) is 11.8 Å². The Morgan fingerprint density at radius 3 is 2.72 bits per heavy atom. The molecule has 0 amide bonds. The zero-order valence-electron chi connectivity index (χ0n) is 10.8. The topological polar surface area (TPSA) is 23.5 Å². The first-order valence-corrected chi connectivity index (χ1v) is 6.76. The maximum absolute atomic E-state index is 13.0. The second-order valence-corrected chi connectivity index (χ2v) is 5.91. The van der Waals surface area contributed by atoms with Gasteiger partial charge in [0, 0.05) is 19.0 Å². The molecule has 1 aliphatic carbocycles. The van der Waals surface area contributed by atoms with Gasteiger partial charge in [-0.25, -0.2) is 4.39 Å². The van der Waals surface area contributed by atoms with Crippen LogP contribution in [0.25, 0.3) is 0 Å². The van der Waals surface area contributed by atoms with Crippen molar-refractivity contribution in [1.82, 2.24) is 4.90 Å². The first-order valence-electron chi connectivity index (χ1n) is 6.76. The van der Waals surface area contributed by atoms with Gasteiger partial charge < -0.3 is 10.0 Å². The van der Waals surface area contributed by atoms with Gasteiger partial charge in [-0.15, -0.1) is 0 Å². The minimum Gasteiger partial charge on any atom is -0.385 e. The molecule has 3 atom stereocenters. The third-order valence-electron chi connectivity index (χ3n) is 4.71. The molecular weight excluding hydrogens is 229 g/mol. The highest BCUT2D eigenvalue weighted by Gasteiger charge is 2.48. The zero-order valence-corrected chi connectivity index (χ0v) is 10.8. The van der Waals surface area contributed by atoms with E-state index in [1.165, 1.54) is 18.6 Å². The summed E-state index contributed by atoms with van der Waals surface area (Å²) >= 11 is 0. The molecule has 98 valence electrons. The van der Waals surface area contributed by atoms with Crippen molar-refractivity contribution in [3.8, 4) is 0 Å². The van der Waals surface area contributed by atoms with Crippen molar-refractivity contribution in [3.05, 3.63) is 35.6 Å². The van der Waals surface area contributed by atoms with Crippen molar-refractivity contribution >= 4 is 0 Å². The van der Waals surface area contributed by atoms with Crippen LogP contribution in [-0.2, 0) is 5.60 Å². The largest absolute Gasteiger partial charge is 0.385 e. The fourth-order valence-corrected chi connectivity index (χ4v) is 3.84. The van der Waals surface area contributed by atoms with Crippen molar-refractivity contribution in [3.63, 3.8) is 0 Å². The lowest BCUT2D eigenvalue weighted by molar-refractivity contribution is -0.0645. The summed E-state index contributed by atoms with van der Waals surface area (Å²) in [5, 5.41) is 11.1. The Kier molecular flexibility index (Phi) is 2.91. The van der Waals surface area contributed by atoms with Gasteiger partial charge in [-0.05, 0) is 49.9 Å². The SMILES string of the molecule is CN1C[C@@H]2CCC[C@@](O)(c3ccc(F)cc3)[C@@H]2C1. The number of hydrogen-bond acceptors (Lipinski definition) is 2. The molecule has 1 saturated carbocycles. The predicted molar refractivity (Wildman–Crippen MR) is 68.6 cm³/mol. The van der Waals surface area contributed by atoms with Crippen LogP contribution in [0.1, 0.15) is 24.8 Å². The monoisotopic (exact) mass is 249 g/mol. The van der Waals surface area contributed by atoms with Crippen LogP contribution < -0.4 is 0 Å². The quantitative estimate of drug-likeness (QED) is 0.826. The van der Waals surface area contributed by atoms with E-state index in [1.807, 2.05) is 0 Å². The van der Waals surface area contributed by atoms with E-state index in [1.54, 1.807) is 12.1 Å². The molecule has 2 nitrogen and oxygen atoms in total. The number of fused-ring (bicyclic) bond motifs is 1. The Labute approximate surface area is 107 Å². The van der Waals surface area contributed by atoms with Gasteiger partial charge in [0.1, 0.15) is 5.82 Å². The molecule has 1 aliphatic heterocycles. The van der Waals surface area contributed by atoms with E-state index < -0.39 is 5.60 Å². The fourth-order valence-electron chi connectivity index (χ4n) is 3.84. The second-order valence-electron chi connectivity index (χ2n) is 5.91. The Morgan fingerprint density at radius 1 is 1.28 bits per heavy atom. The molecule has 2 fully saturated rings. The lowest BCUT2D eigenvalue weighted by Gasteiger charge is -2.41. The number of benzene rings is 1. The maximum atomic E-state index is 13.0. The summed E-state index contributed by atoms with van der Waals surface area (Å²) in [4.78, 5) is 2.30. The lowest BCUT2D eigenvalue weighted by Crippen LogP contribution is -2.42. The van der Waals surface area contributed by atoms with E-state index in [2.05, 4.69) is 11.9 Å². The number of rotatable bonds is 1. The number of likely N-dealkylation sites (tertiary alicyclic amines) is 1. The van der Waals surface area contributed by atoms with E-state index in [9.17, 15) is 9.50 Å². The van der Waals surface area contributed by atoms with Crippen molar-refractivity contribution in [2.24, 2.45) is 11.8 Å². The number of halogens is 1. The van der Waals surface area contributed by atoms with Gasteiger partial charge in [0.2, 0.25) is 0 Å². The molecule has 0 aromatic heterocycles. The third-order valence-corrected chi connectivity index (χ3v) is 4.71. The molecule has 0 bridgehead atoms. The first kappa shape index (κ1) is 12.1. The predicted octanol–water partition coefficient (Wildman–Crippen LogP) is 2.38. The smallest absolute Gasteiger partial charge is 0.123 e. The van der Waals surface area contributed by atoms with Crippen LogP contribution in [0.15, 0.2) is 24.3 Å². The van der Waals surface area contributed by atoms with Crippen molar-refractivity contribution in [2.45, 2.75) is 24.9 Å². The molecule has 18 heavy (non-hydrogen) atoms. The number of aliphatic hydroxyl groups is 1. The van der Waals surface area contributed by atoms with Crippen LogP contribution in [0, 0.1) is 17.7 Å². The molecule has 3 rings (SSSR count). The maximum Gasteiger partial charge on any atom is 0.123 e. The fraction of sp³-hybridized carbons (Fsp3) is 0.600. The summed E-state index contributed by atoms with van der Waals surface area (Å²) in [6.45, 7) is 2.02.